The molecule has 0 saturated heterocycles. The number of hydrogen-bond acceptors (Lipinski definition) is 3. The average molecular weight is 254 g/mol. The minimum atomic E-state index is -0.609. The lowest BCUT2D eigenvalue weighted by Crippen LogP contribution is -2.38. The number of carbonyl (C=O) groups excluding carboxylic acids is 2. The zero-order valence-electron chi connectivity index (χ0n) is 10.5. The molecule has 1 aromatic heterocycles. The van der Waals surface area contributed by atoms with E-state index in [4.69, 9.17) is 0 Å². The largest absolute Gasteiger partial charge is 0.342 e. The number of amides is 1. The SMILES string of the molecule is CC(NC(=O)c1ccccc1)C(=O)c1ccccn1. The van der Waals surface area contributed by atoms with Crippen LogP contribution in [0.2, 0.25) is 0 Å². The van der Waals surface area contributed by atoms with E-state index in [0.29, 0.717) is 11.3 Å². The average Bonchev–Trinajstić information content (AvgIpc) is 2.48. The van der Waals surface area contributed by atoms with Crippen LogP contribution in [0, 0.1) is 0 Å². The molecule has 1 N–H and O–H groups in total. The van der Waals surface area contributed by atoms with Gasteiger partial charge in [0.2, 0.25) is 5.78 Å². The van der Waals surface area contributed by atoms with Gasteiger partial charge in [-0.2, -0.15) is 0 Å². The van der Waals surface area contributed by atoms with Gasteiger partial charge < -0.3 is 5.32 Å². The maximum absolute atomic E-state index is 12.0. The number of rotatable bonds is 4. The molecule has 96 valence electrons. The Morgan fingerprint density at radius 1 is 1.05 bits per heavy atom. The zero-order valence-corrected chi connectivity index (χ0v) is 10.5. The van der Waals surface area contributed by atoms with E-state index in [1.807, 2.05) is 6.07 Å². The van der Waals surface area contributed by atoms with Gasteiger partial charge in [-0.05, 0) is 31.2 Å². The van der Waals surface area contributed by atoms with E-state index in [2.05, 4.69) is 10.3 Å². The summed E-state index contributed by atoms with van der Waals surface area (Å²) >= 11 is 0. The summed E-state index contributed by atoms with van der Waals surface area (Å²) in [4.78, 5) is 27.9. The molecule has 4 nitrogen and oxygen atoms in total. The number of hydrogen-bond donors (Lipinski definition) is 1. The molecule has 0 spiro atoms. The fraction of sp³-hybridized carbons (Fsp3) is 0.133. The van der Waals surface area contributed by atoms with Crippen molar-refractivity contribution < 1.29 is 9.59 Å². The predicted molar refractivity (Wildman–Crippen MR) is 71.9 cm³/mol. The van der Waals surface area contributed by atoms with Crippen molar-refractivity contribution in [3.63, 3.8) is 0 Å². The molecule has 2 rings (SSSR count). The molecular formula is C15H14N2O2. The molecule has 0 aliphatic heterocycles. The molecular weight excluding hydrogens is 240 g/mol. The van der Waals surface area contributed by atoms with Gasteiger partial charge >= 0.3 is 0 Å². The van der Waals surface area contributed by atoms with Gasteiger partial charge in [-0.1, -0.05) is 24.3 Å². The third-order valence-electron chi connectivity index (χ3n) is 2.69. The molecule has 0 fully saturated rings. The first-order valence-electron chi connectivity index (χ1n) is 5.99. The van der Waals surface area contributed by atoms with Crippen molar-refractivity contribution in [1.82, 2.24) is 10.3 Å². The van der Waals surface area contributed by atoms with E-state index in [-0.39, 0.29) is 11.7 Å². The number of Topliss-reactive ketones (excluding diaryl/α,β-unsaturated/α-hetero) is 1. The summed E-state index contributed by atoms with van der Waals surface area (Å²) in [6.07, 6.45) is 1.55. The monoisotopic (exact) mass is 254 g/mol. The van der Waals surface area contributed by atoms with Crippen molar-refractivity contribution in [2.75, 3.05) is 0 Å². The van der Waals surface area contributed by atoms with Crippen LogP contribution in [0.1, 0.15) is 27.8 Å². The van der Waals surface area contributed by atoms with Gasteiger partial charge in [0.25, 0.3) is 5.91 Å². The standard InChI is InChI=1S/C15H14N2O2/c1-11(14(18)13-9-5-6-10-16-13)17-15(19)12-7-3-2-4-8-12/h2-11H,1H3,(H,17,19). The topological polar surface area (TPSA) is 59.1 Å². The van der Waals surface area contributed by atoms with Gasteiger partial charge in [0.05, 0.1) is 6.04 Å². The molecule has 0 saturated carbocycles. The van der Waals surface area contributed by atoms with Gasteiger partial charge in [-0.25, -0.2) is 0 Å². The van der Waals surface area contributed by atoms with Gasteiger partial charge in [-0.3, -0.25) is 14.6 Å². The first-order chi connectivity index (χ1) is 9.18. The second kappa shape index (κ2) is 5.91. The molecule has 1 aromatic carbocycles. The highest BCUT2D eigenvalue weighted by Crippen LogP contribution is 2.02. The molecule has 0 radical (unpaired) electrons. The number of aromatic nitrogens is 1. The Balaban J connectivity index is 2.04. The Bertz CT molecular complexity index is 567. The lowest BCUT2D eigenvalue weighted by atomic mass is 10.1. The Hall–Kier alpha value is -2.49. The number of nitrogens with zero attached hydrogens (tertiary/aromatic N) is 1. The Morgan fingerprint density at radius 3 is 2.37 bits per heavy atom. The molecule has 1 amide bonds. The molecule has 1 heterocycles. The molecule has 1 atom stereocenters. The zero-order chi connectivity index (χ0) is 13.7. The first kappa shape index (κ1) is 13.0. The van der Waals surface area contributed by atoms with Crippen molar-refractivity contribution in [3.8, 4) is 0 Å². The maximum atomic E-state index is 12.0. The number of benzene rings is 1. The predicted octanol–water partition coefficient (Wildman–Crippen LogP) is 2.08. The number of ketones is 1. The fourth-order valence-electron chi connectivity index (χ4n) is 1.67. The van der Waals surface area contributed by atoms with Crippen LogP contribution < -0.4 is 5.32 Å². The van der Waals surface area contributed by atoms with Gasteiger partial charge in [0.15, 0.2) is 0 Å². The summed E-state index contributed by atoms with van der Waals surface area (Å²) in [6.45, 7) is 1.65. The minimum absolute atomic E-state index is 0.204. The number of nitrogens with one attached hydrogen (secondary N) is 1. The normalized spacial score (nSPS) is 11.6. The highest BCUT2D eigenvalue weighted by molar-refractivity contribution is 6.02. The van der Waals surface area contributed by atoms with E-state index < -0.39 is 6.04 Å². The molecule has 19 heavy (non-hydrogen) atoms. The molecule has 0 bridgehead atoms. The van der Waals surface area contributed by atoms with Crippen molar-refractivity contribution >= 4 is 11.7 Å². The van der Waals surface area contributed by atoms with Crippen LogP contribution in [-0.2, 0) is 0 Å². The second-order valence-corrected chi connectivity index (χ2v) is 4.14. The van der Waals surface area contributed by atoms with Crippen molar-refractivity contribution in [1.29, 1.82) is 0 Å². The number of pyridine rings is 1. The molecule has 2 aromatic rings. The minimum Gasteiger partial charge on any atom is -0.342 e. The number of carbonyl (C=O) groups is 2. The summed E-state index contributed by atoms with van der Waals surface area (Å²) in [7, 11) is 0. The van der Waals surface area contributed by atoms with Gasteiger partial charge in [0.1, 0.15) is 5.69 Å². The molecule has 0 aliphatic rings. The summed E-state index contributed by atoms with van der Waals surface area (Å²) in [5, 5.41) is 2.67. The third kappa shape index (κ3) is 3.25. The van der Waals surface area contributed by atoms with Crippen LogP contribution in [-0.4, -0.2) is 22.7 Å². The van der Waals surface area contributed by atoms with Gasteiger partial charge in [0, 0.05) is 11.8 Å². The van der Waals surface area contributed by atoms with Gasteiger partial charge in [-0.15, -0.1) is 0 Å². The van der Waals surface area contributed by atoms with Crippen molar-refractivity contribution in [2.45, 2.75) is 13.0 Å². The highest BCUT2D eigenvalue weighted by atomic mass is 16.2. The smallest absolute Gasteiger partial charge is 0.251 e. The maximum Gasteiger partial charge on any atom is 0.251 e. The Kier molecular flexibility index (Phi) is 4.03. The first-order valence-corrected chi connectivity index (χ1v) is 5.99. The summed E-state index contributed by atoms with van der Waals surface area (Å²) < 4.78 is 0. The van der Waals surface area contributed by atoms with E-state index in [1.54, 1.807) is 55.6 Å². The van der Waals surface area contributed by atoms with E-state index >= 15 is 0 Å². The van der Waals surface area contributed by atoms with Crippen molar-refractivity contribution in [3.05, 3.63) is 66.0 Å². The highest BCUT2D eigenvalue weighted by Gasteiger charge is 2.18. The summed E-state index contributed by atoms with van der Waals surface area (Å²) in [5.41, 5.74) is 0.881. The summed E-state index contributed by atoms with van der Waals surface area (Å²) in [5.74, 6) is -0.470. The Labute approximate surface area is 111 Å². The lowest BCUT2D eigenvalue weighted by Gasteiger charge is -2.12. The third-order valence-corrected chi connectivity index (χ3v) is 2.69. The van der Waals surface area contributed by atoms with Crippen LogP contribution >= 0.6 is 0 Å². The van der Waals surface area contributed by atoms with Crippen molar-refractivity contribution in [2.24, 2.45) is 0 Å². The van der Waals surface area contributed by atoms with Crippen LogP contribution in [0.25, 0.3) is 0 Å². The van der Waals surface area contributed by atoms with Crippen LogP contribution in [0.5, 0.6) is 0 Å². The quantitative estimate of drug-likeness (QED) is 0.850. The van der Waals surface area contributed by atoms with Crippen LogP contribution in [0.3, 0.4) is 0 Å². The van der Waals surface area contributed by atoms with E-state index in [1.165, 1.54) is 0 Å². The van der Waals surface area contributed by atoms with Crippen LogP contribution in [0.15, 0.2) is 54.7 Å². The molecule has 0 aliphatic carbocycles. The summed E-state index contributed by atoms with van der Waals surface area (Å²) in [6, 6.07) is 13.3. The lowest BCUT2D eigenvalue weighted by molar-refractivity contribution is 0.0863. The van der Waals surface area contributed by atoms with Crippen LogP contribution in [0.4, 0.5) is 0 Å². The molecule has 1 unspecified atom stereocenters. The van der Waals surface area contributed by atoms with E-state index in [0.717, 1.165) is 0 Å². The van der Waals surface area contributed by atoms with E-state index in [9.17, 15) is 9.59 Å². The second-order valence-electron chi connectivity index (χ2n) is 4.14. The molecule has 4 heteroatoms. The fourth-order valence-corrected chi connectivity index (χ4v) is 1.67. The Morgan fingerprint density at radius 2 is 1.74 bits per heavy atom.